The summed E-state index contributed by atoms with van der Waals surface area (Å²) in [6, 6.07) is 3.59. The van der Waals surface area contributed by atoms with Gasteiger partial charge in [0.2, 0.25) is 0 Å². The predicted octanol–water partition coefficient (Wildman–Crippen LogP) is 0.727. The van der Waals surface area contributed by atoms with Gasteiger partial charge in [0.1, 0.15) is 17.0 Å². The Balaban J connectivity index is 2.32. The number of halogens is 1. The highest BCUT2D eigenvalue weighted by Gasteiger charge is 2.19. The molecule has 3 N–H and O–H groups in total. The van der Waals surface area contributed by atoms with Crippen LogP contribution in [0.2, 0.25) is 0 Å². The van der Waals surface area contributed by atoms with Crippen molar-refractivity contribution in [3.63, 3.8) is 0 Å². The highest BCUT2D eigenvalue weighted by molar-refractivity contribution is 7.92. The standard InChI is InChI=1S/C13H11FN4O2S/c14-12-6-10(2-1-5-15)3-4-13(12)21(19,20)18-11-7-16-9-17-8-11/h3-4,6-9,18H,5,15H2. The third-order valence-electron chi connectivity index (χ3n) is 2.37. The van der Waals surface area contributed by atoms with Crippen LogP contribution in [0.4, 0.5) is 10.1 Å². The highest BCUT2D eigenvalue weighted by atomic mass is 32.2. The van der Waals surface area contributed by atoms with Crippen molar-refractivity contribution in [2.24, 2.45) is 5.73 Å². The van der Waals surface area contributed by atoms with Gasteiger partial charge in [-0.25, -0.2) is 22.8 Å². The number of aromatic nitrogens is 2. The first-order chi connectivity index (χ1) is 10.0. The van der Waals surface area contributed by atoms with Gasteiger partial charge >= 0.3 is 0 Å². The average molecular weight is 306 g/mol. The Morgan fingerprint density at radius 1 is 1.29 bits per heavy atom. The molecule has 8 heteroatoms. The summed E-state index contributed by atoms with van der Waals surface area (Å²) >= 11 is 0. The number of hydrogen-bond donors (Lipinski definition) is 2. The third-order valence-corrected chi connectivity index (χ3v) is 3.78. The molecule has 0 fully saturated rings. The molecule has 0 radical (unpaired) electrons. The van der Waals surface area contributed by atoms with E-state index < -0.39 is 20.7 Å². The molecule has 0 saturated carbocycles. The van der Waals surface area contributed by atoms with Gasteiger partial charge in [0.25, 0.3) is 10.0 Å². The molecule has 0 amide bonds. The molecule has 0 spiro atoms. The van der Waals surface area contributed by atoms with E-state index in [-0.39, 0.29) is 12.2 Å². The van der Waals surface area contributed by atoms with E-state index in [4.69, 9.17) is 5.73 Å². The van der Waals surface area contributed by atoms with Crippen molar-refractivity contribution in [1.29, 1.82) is 0 Å². The molecule has 21 heavy (non-hydrogen) atoms. The smallest absolute Gasteiger partial charge is 0.264 e. The second-order valence-corrected chi connectivity index (χ2v) is 5.53. The van der Waals surface area contributed by atoms with Crippen LogP contribution in [0.15, 0.2) is 41.8 Å². The van der Waals surface area contributed by atoms with Crippen LogP contribution in [0.3, 0.4) is 0 Å². The molecule has 0 saturated heterocycles. The van der Waals surface area contributed by atoms with Crippen LogP contribution in [-0.4, -0.2) is 24.9 Å². The van der Waals surface area contributed by atoms with Crippen LogP contribution in [0.25, 0.3) is 0 Å². The summed E-state index contributed by atoms with van der Waals surface area (Å²) in [5.41, 5.74) is 5.70. The van der Waals surface area contributed by atoms with Gasteiger partial charge in [-0.05, 0) is 18.2 Å². The summed E-state index contributed by atoms with van der Waals surface area (Å²) in [6.45, 7) is 0.136. The summed E-state index contributed by atoms with van der Waals surface area (Å²) < 4.78 is 40.3. The Morgan fingerprint density at radius 2 is 2.00 bits per heavy atom. The lowest BCUT2D eigenvalue weighted by atomic mass is 10.2. The van der Waals surface area contributed by atoms with Crippen molar-refractivity contribution in [3.8, 4) is 11.8 Å². The summed E-state index contributed by atoms with van der Waals surface area (Å²) in [5, 5.41) is 0. The molecule has 1 aromatic heterocycles. The second kappa shape index (κ2) is 6.30. The number of benzene rings is 1. The van der Waals surface area contributed by atoms with E-state index in [1.54, 1.807) is 0 Å². The van der Waals surface area contributed by atoms with Crippen molar-refractivity contribution < 1.29 is 12.8 Å². The number of nitrogens with one attached hydrogen (secondary N) is 1. The molecule has 0 unspecified atom stereocenters. The van der Waals surface area contributed by atoms with Crippen LogP contribution < -0.4 is 10.5 Å². The maximum absolute atomic E-state index is 13.9. The molecule has 1 aromatic carbocycles. The Hall–Kier alpha value is -2.50. The Morgan fingerprint density at radius 3 is 2.62 bits per heavy atom. The van der Waals surface area contributed by atoms with Gasteiger partial charge in [-0.3, -0.25) is 4.72 Å². The lowest BCUT2D eigenvalue weighted by molar-refractivity contribution is 0.570. The van der Waals surface area contributed by atoms with Gasteiger partial charge in [0.05, 0.1) is 24.6 Å². The third kappa shape index (κ3) is 3.75. The van der Waals surface area contributed by atoms with Crippen molar-refractivity contribution >= 4 is 15.7 Å². The van der Waals surface area contributed by atoms with E-state index in [9.17, 15) is 12.8 Å². The summed E-state index contributed by atoms with van der Waals surface area (Å²) in [7, 11) is -4.06. The van der Waals surface area contributed by atoms with Crippen LogP contribution >= 0.6 is 0 Å². The summed E-state index contributed by atoms with van der Waals surface area (Å²) in [4.78, 5) is 6.86. The van der Waals surface area contributed by atoms with Gasteiger partial charge in [-0.15, -0.1) is 0 Å². The normalized spacial score (nSPS) is 10.6. The number of hydrogen-bond acceptors (Lipinski definition) is 5. The lowest BCUT2D eigenvalue weighted by Gasteiger charge is -2.08. The van der Waals surface area contributed by atoms with Gasteiger partial charge in [-0.1, -0.05) is 11.8 Å². The Labute approximate surface area is 121 Å². The molecule has 0 atom stereocenters. The summed E-state index contributed by atoms with van der Waals surface area (Å²) in [5.74, 6) is 4.28. The monoisotopic (exact) mass is 306 g/mol. The number of nitrogens with zero attached hydrogens (tertiary/aromatic N) is 2. The molecular weight excluding hydrogens is 295 g/mol. The fourth-order valence-corrected chi connectivity index (χ4v) is 2.60. The Kier molecular flexibility index (Phi) is 4.47. The van der Waals surface area contributed by atoms with Crippen LogP contribution in [0.5, 0.6) is 0 Å². The molecule has 2 rings (SSSR count). The van der Waals surface area contributed by atoms with Crippen molar-refractivity contribution in [2.45, 2.75) is 4.90 Å². The number of nitrogens with two attached hydrogens (primary N) is 1. The number of anilines is 1. The van der Waals surface area contributed by atoms with E-state index in [0.717, 1.165) is 12.1 Å². The van der Waals surface area contributed by atoms with Gasteiger partial charge in [0.15, 0.2) is 0 Å². The summed E-state index contributed by atoms with van der Waals surface area (Å²) in [6.07, 6.45) is 3.79. The van der Waals surface area contributed by atoms with Gasteiger partial charge in [0, 0.05) is 5.56 Å². The van der Waals surface area contributed by atoms with E-state index >= 15 is 0 Å². The maximum Gasteiger partial charge on any atom is 0.264 e. The van der Waals surface area contributed by atoms with Crippen LogP contribution in [-0.2, 0) is 10.0 Å². The van der Waals surface area contributed by atoms with E-state index in [1.807, 2.05) is 0 Å². The molecule has 108 valence electrons. The largest absolute Gasteiger partial charge is 0.320 e. The van der Waals surface area contributed by atoms with Gasteiger partial charge in [-0.2, -0.15) is 0 Å². The topological polar surface area (TPSA) is 98.0 Å². The van der Waals surface area contributed by atoms with Gasteiger partial charge < -0.3 is 5.73 Å². The molecule has 0 aliphatic heterocycles. The molecule has 1 heterocycles. The molecule has 0 aliphatic rings. The zero-order valence-electron chi connectivity index (χ0n) is 10.7. The number of sulfonamides is 1. The molecule has 2 aromatic rings. The SMILES string of the molecule is NCC#Cc1ccc(S(=O)(=O)Nc2cncnc2)c(F)c1. The van der Waals surface area contributed by atoms with Crippen molar-refractivity contribution in [2.75, 3.05) is 11.3 Å². The lowest BCUT2D eigenvalue weighted by Crippen LogP contribution is -2.15. The fourth-order valence-electron chi connectivity index (χ4n) is 1.51. The first-order valence-corrected chi connectivity index (χ1v) is 7.27. The van der Waals surface area contributed by atoms with Crippen molar-refractivity contribution in [1.82, 2.24) is 9.97 Å². The zero-order valence-corrected chi connectivity index (χ0v) is 11.6. The van der Waals surface area contributed by atoms with Crippen molar-refractivity contribution in [3.05, 3.63) is 48.3 Å². The predicted molar refractivity (Wildman–Crippen MR) is 75.2 cm³/mol. The molecule has 0 aliphatic carbocycles. The van der Waals surface area contributed by atoms with Crippen LogP contribution in [0.1, 0.15) is 5.56 Å². The quantitative estimate of drug-likeness (QED) is 0.815. The van der Waals surface area contributed by atoms with E-state index in [2.05, 4.69) is 26.5 Å². The average Bonchev–Trinajstić information content (AvgIpc) is 2.45. The Bertz CT molecular complexity index is 798. The zero-order chi connectivity index (χ0) is 15.3. The molecule has 6 nitrogen and oxygen atoms in total. The fraction of sp³-hybridized carbons (Fsp3) is 0.0769. The molecule has 0 bridgehead atoms. The molecular formula is C13H11FN4O2S. The first-order valence-electron chi connectivity index (χ1n) is 5.79. The second-order valence-electron chi connectivity index (χ2n) is 3.88. The highest BCUT2D eigenvalue weighted by Crippen LogP contribution is 2.18. The first kappa shape index (κ1) is 14.9. The number of rotatable bonds is 3. The minimum absolute atomic E-state index is 0.136. The van der Waals surface area contributed by atoms with E-state index in [1.165, 1.54) is 24.8 Å². The maximum atomic E-state index is 13.9. The minimum Gasteiger partial charge on any atom is -0.320 e. The van der Waals surface area contributed by atoms with Crippen LogP contribution in [0, 0.1) is 17.7 Å². The van der Waals surface area contributed by atoms with E-state index in [0.29, 0.717) is 5.56 Å². The minimum atomic E-state index is -4.06.